The monoisotopic (exact) mass is 276 g/mol. The second-order valence-electron chi connectivity index (χ2n) is 5.64. The van der Waals surface area contributed by atoms with Crippen molar-refractivity contribution in [3.63, 3.8) is 0 Å². The number of benzene rings is 1. The van der Waals surface area contributed by atoms with Crippen molar-refractivity contribution < 1.29 is 9.53 Å². The molecule has 20 heavy (non-hydrogen) atoms. The van der Waals surface area contributed by atoms with Crippen molar-refractivity contribution in [3.8, 4) is 5.75 Å². The molecule has 1 aliphatic rings. The molecule has 1 aromatic rings. The minimum absolute atomic E-state index is 0.0346. The SMILES string of the molecule is CN(CC1CCCCC1)C(=O)COc1ccc(N)cc1. The lowest BCUT2D eigenvalue weighted by atomic mass is 9.89. The standard InChI is InChI=1S/C16H24N2O2/c1-18(11-13-5-3-2-4-6-13)16(19)12-20-15-9-7-14(17)8-10-15/h7-10,13H,2-6,11-12,17H2,1H3. The Morgan fingerprint density at radius 2 is 1.90 bits per heavy atom. The number of rotatable bonds is 5. The Balaban J connectivity index is 1.74. The number of carbonyl (C=O) groups is 1. The number of nitrogens with zero attached hydrogens (tertiary/aromatic N) is 1. The molecule has 1 saturated carbocycles. The first kappa shape index (κ1) is 14.7. The molecule has 0 radical (unpaired) electrons. The Morgan fingerprint density at radius 1 is 1.25 bits per heavy atom. The number of nitrogen functional groups attached to an aromatic ring is 1. The van der Waals surface area contributed by atoms with Gasteiger partial charge in [-0.1, -0.05) is 19.3 Å². The predicted molar refractivity (Wildman–Crippen MR) is 80.6 cm³/mol. The van der Waals surface area contributed by atoms with Crippen molar-refractivity contribution in [1.82, 2.24) is 4.90 Å². The fourth-order valence-corrected chi connectivity index (χ4v) is 2.68. The lowest BCUT2D eigenvalue weighted by Crippen LogP contribution is -2.35. The first-order chi connectivity index (χ1) is 9.65. The Labute approximate surface area is 120 Å². The van der Waals surface area contributed by atoms with Crippen molar-refractivity contribution in [2.24, 2.45) is 5.92 Å². The molecule has 1 aromatic carbocycles. The molecular weight excluding hydrogens is 252 g/mol. The van der Waals surface area contributed by atoms with Gasteiger partial charge >= 0.3 is 0 Å². The number of nitrogens with two attached hydrogens (primary N) is 1. The third-order valence-electron chi connectivity index (χ3n) is 3.92. The number of carbonyl (C=O) groups excluding carboxylic acids is 1. The quantitative estimate of drug-likeness (QED) is 0.841. The number of hydrogen-bond acceptors (Lipinski definition) is 3. The number of likely N-dealkylation sites (N-methyl/N-ethyl adjacent to an activating group) is 1. The molecule has 1 fully saturated rings. The van der Waals surface area contributed by atoms with Crippen molar-refractivity contribution in [2.45, 2.75) is 32.1 Å². The normalized spacial score (nSPS) is 15.8. The average Bonchev–Trinajstić information content (AvgIpc) is 2.47. The minimum atomic E-state index is 0.0346. The number of anilines is 1. The molecule has 0 unspecified atom stereocenters. The van der Waals surface area contributed by atoms with Crippen molar-refractivity contribution >= 4 is 11.6 Å². The summed E-state index contributed by atoms with van der Waals surface area (Å²) in [5.41, 5.74) is 6.30. The van der Waals surface area contributed by atoms with Gasteiger partial charge in [-0.05, 0) is 43.0 Å². The summed E-state index contributed by atoms with van der Waals surface area (Å²) in [6, 6.07) is 7.10. The van der Waals surface area contributed by atoms with E-state index in [0.29, 0.717) is 17.4 Å². The smallest absolute Gasteiger partial charge is 0.260 e. The second-order valence-corrected chi connectivity index (χ2v) is 5.64. The van der Waals surface area contributed by atoms with Gasteiger partial charge in [-0.2, -0.15) is 0 Å². The number of hydrogen-bond donors (Lipinski definition) is 1. The van der Waals surface area contributed by atoms with E-state index in [-0.39, 0.29) is 12.5 Å². The van der Waals surface area contributed by atoms with E-state index in [0.717, 1.165) is 6.54 Å². The Bertz CT molecular complexity index is 425. The summed E-state index contributed by atoms with van der Waals surface area (Å²) >= 11 is 0. The van der Waals surface area contributed by atoms with Crippen LogP contribution in [0.15, 0.2) is 24.3 Å². The fraction of sp³-hybridized carbons (Fsp3) is 0.562. The van der Waals surface area contributed by atoms with E-state index in [1.54, 1.807) is 29.2 Å². The van der Waals surface area contributed by atoms with E-state index in [2.05, 4.69) is 0 Å². The van der Waals surface area contributed by atoms with E-state index < -0.39 is 0 Å². The zero-order valence-electron chi connectivity index (χ0n) is 12.2. The summed E-state index contributed by atoms with van der Waals surface area (Å²) in [5.74, 6) is 1.38. The molecule has 0 atom stereocenters. The second kappa shape index (κ2) is 7.17. The molecule has 2 N–H and O–H groups in total. The maximum atomic E-state index is 12.0. The van der Waals surface area contributed by atoms with Gasteiger partial charge in [-0.25, -0.2) is 0 Å². The van der Waals surface area contributed by atoms with Crippen LogP contribution in [0, 0.1) is 5.92 Å². The van der Waals surface area contributed by atoms with Crippen LogP contribution in [0.2, 0.25) is 0 Å². The molecule has 4 nitrogen and oxygen atoms in total. The molecule has 0 bridgehead atoms. The summed E-state index contributed by atoms with van der Waals surface area (Å²) in [7, 11) is 1.86. The molecule has 0 aliphatic heterocycles. The third-order valence-corrected chi connectivity index (χ3v) is 3.92. The zero-order chi connectivity index (χ0) is 14.4. The van der Waals surface area contributed by atoms with Gasteiger partial charge in [0.25, 0.3) is 5.91 Å². The fourth-order valence-electron chi connectivity index (χ4n) is 2.68. The lowest BCUT2D eigenvalue weighted by molar-refractivity contribution is -0.132. The van der Waals surface area contributed by atoms with Gasteiger partial charge in [0.2, 0.25) is 0 Å². The highest BCUT2D eigenvalue weighted by Gasteiger charge is 2.18. The van der Waals surface area contributed by atoms with E-state index in [1.165, 1.54) is 32.1 Å². The maximum absolute atomic E-state index is 12.0. The average molecular weight is 276 g/mol. The highest BCUT2D eigenvalue weighted by molar-refractivity contribution is 5.77. The molecule has 4 heteroatoms. The summed E-state index contributed by atoms with van der Waals surface area (Å²) in [6.45, 7) is 0.942. The zero-order valence-corrected chi connectivity index (χ0v) is 12.2. The van der Waals surface area contributed by atoms with E-state index in [1.807, 2.05) is 7.05 Å². The first-order valence-electron chi connectivity index (χ1n) is 7.37. The van der Waals surface area contributed by atoms with Crippen LogP contribution in [0.25, 0.3) is 0 Å². The molecular formula is C16H24N2O2. The van der Waals surface area contributed by atoms with Crippen LogP contribution in [0.4, 0.5) is 5.69 Å². The van der Waals surface area contributed by atoms with E-state index in [4.69, 9.17) is 10.5 Å². The summed E-state index contributed by atoms with van der Waals surface area (Å²) in [4.78, 5) is 13.8. The van der Waals surface area contributed by atoms with E-state index in [9.17, 15) is 4.79 Å². The first-order valence-corrected chi connectivity index (χ1v) is 7.37. The maximum Gasteiger partial charge on any atom is 0.260 e. The summed E-state index contributed by atoms with van der Waals surface area (Å²) in [5, 5.41) is 0. The van der Waals surface area contributed by atoms with Crippen LogP contribution in [-0.4, -0.2) is 31.0 Å². The summed E-state index contributed by atoms with van der Waals surface area (Å²) < 4.78 is 5.49. The molecule has 110 valence electrons. The van der Waals surface area contributed by atoms with Crippen LogP contribution in [0.1, 0.15) is 32.1 Å². The Morgan fingerprint density at radius 3 is 2.55 bits per heavy atom. The van der Waals surface area contributed by atoms with Crippen LogP contribution < -0.4 is 10.5 Å². The molecule has 0 aromatic heterocycles. The summed E-state index contributed by atoms with van der Waals surface area (Å²) in [6.07, 6.45) is 6.44. The van der Waals surface area contributed by atoms with Crippen LogP contribution in [0.5, 0.6) is 5.75 Å². The molecule has 0 saturated heterocycles. The van der Waals surface area contributed by atoms with Crippen molar-refractivity contribution in [1.29, 1.82) is 0 Å². The van der Waals surface area contributed by atoms with Gasteiger partial charge < -0.3 is 15.4 Å². The Kier molecular flexibility index (Phi) is 5.27. The highest BCUT2D eigenvalue weighted by atomic mass is 16.5. The molecule has 2 rings (SSSR count). The third kappa shape index (κ3) is 4.44. The highest BCUT2D eigenvalue weighted by Crippen LogP contribution is 2.24. The molecule has 0 heterocycles. The number of amides is 1. The topological polar surface area (TPSA) is 55.6 Å². The van der Waals surface area contributed by atoms with Gasteiger partial charge in [-0.15, -0.1) is 0 Å². The van der Waals surface area contributed by atoms with Crippen molar-refractivity contribution in [3.05, 3.63) is 24.3 Å². The van der Waals surface area contributed by atoms with Gasteiger partial charge in [0, 0.05) is 19.3 Å². The molecule has 0 spiro atoms. The Hall–Kier alpha value is -1.71. The van der Waals surface area contributed by atoms with Gasteiger partial charge in [0.15, 0.2) is 6.61 Å². The van der Waals surface area contributed by atoms with Crippen LogP contribution >= 0.6 is 0 Å². The minimum Gasteiger partial charge on any atom is -0.484 e. The lowest BCUT2D eigenvalue weighted by Gasteiger charge is -2.27. The largest absolute Gasteiger partial charge is 0.484 e. The van der Waals surface area contributed by atoms with Crippen molar-refractivity contribution in [2.75, 3.05) is 25.9 Å². The van der Waals surface area contributed by atoms with Crippen LogP contribution in [0.3, 0.4) is 0 Å². The molecule has 1 aliphatic carbocycles. The van der Waals surface area contributed by atoms with Crippen LogP contribution in [-0.2, 0) is 4.79 Å². The van der Waals surface area contributed by atoms with Gasteiger partial charge in [0.05, 0.1) is 0 Å². The number of ether oxygens (including phenoxy) is 1. The van der Waals surface area contributed by atoms with E-state index >= 15 is 0 Å². The van der Waals surface area contributed by atoms with Gasteiger partial charge in [0.1, 0.15) is 5.75 Å². The van der Waals surface area contributed by atoms with Gasteiger partial charge in [-0.3, -0.25) is 4.79 Å². The predicted octanol–water partition coefficient (Wildman–Crippen LogP) is 2.69. The molecule has 1 amide bonds.